The number of aliphatic hydroxyl groups is 1. The van der Waals surface area contributed by atoms with Crippen molar-refractivity contribution in [1.82, 2.24) is 20.2 Å². The molecule has 15 heteroatoms. The van der Waals surface area contributed by atoms with Gasteiger partial charge in [0.1, 0.15) is 23.7 Å². The third-order valence-electron chi connectivity index (χ3n) is 8.61. The minimum atomic E-state index is -0.342. The van der Waals surface area contributed by atoms with Crippen molar-refractivity contribution < 1.29 is 33.6 Å². The van der Waals surface area contributed by atoms with Crippen LogP contribution in [0.15, 0.2) is 72.6 Å². The van der Waals surface area contributed by atoms with Crippen LogP contribution >= 0.6 is 11.6 Å². The number of hydrogen-bond donors (Lipinski definition) is 4. The molecule has 2 aliphatic heterocycles. The van der Waals surface area contributed by atoms with Gasteiger partial charge in [0, 0.05) is 67.7 Å². The molecule has 53 heavy (non-hydrogen) atoms. The summed E-state index contributed by atoms with van der Waals surface area (Å²) in [5.74, 6) is 0.882. The first-order valence-electron chi connectivity index (χ1n) is 17.3. The lowest BCUT2D eigenvalue weighted by atomic mass is 10.0. The maximum Gasteiger partial charge on any atom is 0.248 e. The van der Waals surface area contributed by atoms with Gasteiger partial charge in [0.05, 0.1) is 67.1 Å². The number of halogens is 1. The number of carbonyl (C=O) groups is 2. The van der Waals surface area contributed by atoms with Crippen molar-refractivity contribution in [2.75, 3.05) is 69.8 Å². The van der Waals surface area contributed by atoms with Gasteiger partial charge < -0.3 is 44.9 Å². The highest BCUT2D eigenvalue weighted by atomic mass is 35.5. The van der Waals surface area contributed by atoms with Crippen LogP contribution in [-0.2, 0) is 19.1 Å². The second-order valence-corrected chi connectivity index (χ2v) is 12.8. The maximum atomic E-state index is 13.5. The summed E-state index contributed by atoms with van der Waals surface area (Å²) < 4.78 is 22.8. The summed E-state index contributed by atoms with van der Waals surface area (Å²) >= 11 is 6.58. The molecule has 6 rings (SSSR count). The van der Waals surface area contributed by atoms with Crippen LogP contribution in [0.25, 0.3) is 10.9 Å². The van der Waals surface area contributed by atoms with Crippen LogP contribution in [0.4, 0.5) is 17.1 Å². The van der Waals surface area contributed by atoms with Gasteiger partial charge in [-0.15, -0.1) is 0 Å². The van der Waals surface area contributed by atoms with E-state index in [2.05, 4.69) is 32.0 Å². The number of nitrogens with one attached hydrogen (secondary N) is 3. The van der Waals surface area contributed by atoms with Gasteiger partial charge in [-0.3, -0.25) is 14.6 Å². The predicted octanol–water partition coefficient (Wildman–Crippen LogP) is 4.94. The van der Waals surface area contributed by atoms with E-state index in [1.807, 2.05) is 6.07 Å². The van der Waals surface area contributed by atoms with Gasteiger partial charge in [-0.2, -0.15) is 5.26 Å². The average Bonchev–Trinajstić information content (AvgIpc) is 3.68. The molecule has 2 fully saturated rings. The van der Waals surface area contributed by atoms with Crippen molar-refractivity contribution in [3.63, 3.8) is 0 Å². The van der Waals surface area contributed by atoms with Crippen molar-refractivity contribution in [1.29, 1.82) is 5.26 Å². The molecule has 4 N–H and O–H groups in total. The molecule has 2 aromatic carbocycles. The Morgan fingerprint density at radius 3 is 2.72 bits per heavy atom. The van der Waals surface area contributed by atoms with Crippen molar-refractivity contribution in [3.8, 4) is 23.4 Å². The fraction of sp³-hybridized carbons (Fsp3) is 0.342. The second-order valence-electron chi connectivity index (χ2n) is 12.4. The lowest BCUT2D eigenvalue weighted by molar-refractivity contribution is -0.130. The van der Waals surface area contributed by atoms with Crippen LogP contribution in [0, 0.1) is 11.3 Å². The number of ether oxygens (including phenoxy) is 4. The molecule has 2 saturated heterocycles. The molecule has 2 aromatic heterocycles. The molecule has 0 saturated carbocycles. The molecule has 2 amide bonds. The van der Waals surface area contributed by atoms with Gasteiger partial charge in [0.2, 0.25) is 17.7 Å². The molecule has 0 aliphatic carbocycles. The number of fused-ring (bicyclic) bond motifs is 1. The lowest BCUT2D eigenvalue weighted by Crippen LogP contribution is -2.42. The van der Waals surface area contributed by atoms with Crippen molar-refractivity contribution >= 4 is 51.4 Å². The third-order valence-corrected chi connectivity index (χ3v) is 8.91. The van der Waals surface area contributed by atoms with E-state index < -0.39 is 0 Å². The Hall–Kier alpha value is -5.30. The molecular formula is C38H40ClN7O7. The highest BCUT2D eigenvalue weighted by molar-refractivity contribution is 6.32. The third kappa shape index (κ3) is 10.2. The number of rotatable bonds is 15. The first-order chi connectivity index (χ1) is 25.9. The highest BCUT2D eigenvalue weighted by Crippen LogP contribution is 2.38. The smallest absolute Gasteiger partial charge is 0.248 e. The topological polar surface area (TPSA) is 180 Å². The summed E-state index contributed by atoms with van der Waals surface area (Å²) in [4.78, 5) is 36.6. The predicted molar refractivity (Wildman–Crippen MR) is 199 cm³/mol. The number of amides is 2. The molecule has 0 radical (unpaired) electrons. The van der Waals surface area contributed by atoms with E-state index in [-0.39, 0.29) is 43.2 Å². The Bertz CT molecular complexity index is 1970. The van der Waals surface area contributed by atoms with E-state index in [4.69, 9.17) is 35.7 Å². The quantitative estimate of drug-likeness (QED) is 0.0954. The van der Waals surface area contributed by atoms with E-state index in [1.165, 1.54) is 6.20 Å². The Morgan fingerprint density at radius 1 is 1.11 bits per heavy atom. The van der Waals surface area contributed by atoms with Crippen LogP contribution < -0.4 is 25.4 Å². The van der Waals surface area contributed by atoms with Gasteiger partial charge in [-0.1, -0.05) is 23.2 Å². The van der Waals surface area contributed by atoms with Crippen molar-refractivity contribution in [2.45, 2.75) is 25.4 Å². The summed E-state index contributed by atoms with van der Waals surface area (Å²) in [6.45, 7) is 3.35. The number of hydrogen-bond acceptors (Lipinski definition) is 12. The zero-order valence-corrected chi connectivity index (χ0v) is 29.7. The Morgan fingerprint density at radius 2 is 1.98 bits per heavy atom. The highest BCUT2D eigenvalue weighted by Gasteiger charge is 2.23. The first kappa shape index (κ1) is 37.5. The van der Waals surface area contributed by atoms with Crippen LogP contribution in [-0.4, -0.2) is 97.1 Å². The normalized spacial score (nSPS) is 15.5. The molecule has 0 bridgehead atoms. The molecule has 14 nitrogen and oxygen atoms in total. The monoisotopic (exact) mass is 741 g/mol. The number of anilines is 3. The summed E-state index contributed by atoms with van der Waals surface area (Å²) in [6.07, 6.45) is 6.32. The van der Waals surface area contributed by atoms with Gasteiger partial charge in [0.25, 0.3) is 0 Å². The summed E-state index contributed by atoms with van der Waals surface area (Å²) in [5.41, 5.74) is 3.23. The molecule has 0 spiro atoms. The van der Waals surface area contributed by atoms with E-state index >= 15 is 0 Å². The number of likely N-dealkylation sites (tertiary alicyclic amines) is 1. The Kier molecular flexibility index (Phi) is 13.0. The summed E-state index contributed by atoms with van der Waals surface area (Å²) in [7, 11) is 0. The zero-order chi connectivity index (χ0) is 37.0. The van der Waals surface area contributed by atoms with Crippen LogP contribution in [0.3, 0.4) is 0 Å². The number of pyridine rings is 2. The zero-order valence-electron chi connectivity index (χ0n) is 29.0. The second kappa shape index (κ2) is 18.5. The van der Waals surface area contributed by atoms with Crippen LogP contribution in [0.1, 0.15) is 24.8 Å². The fourth-order valence-corrected chi connectivity index (χ4v) is 6.12. The van der Waals surface area contributed by atoms with Gasteiger partial charge in [-0.25, -0.2) is 4.98 Å². The summed E-state index contributed by atoms with van der Waals surface area (Å²) in [6, 6.07) is 16.2. The van der Waals surface area contributed by atoms with E-state index in [0.29, 0.717) is 109 Å². The number of aliphatic hydroxyl groups excluding tert-OH is 1. The summed E-state index contributed by atoms with van der Waals surface area (Å²) in [5, 5.41) is 29.1. The van der Waals surface area contributed by atoms with Crippen LogP contribution in [0.5, 0.6) is 17.4 Å². The average molecular weight is 742 g/mol. The minimum absolute atomic E-state index is 0.0182. The maximum absolute atomic E-state index is 13.5. The molecule has 2 aliphatic rings. The molecular weight excluding hydrogens is 702 g/mol. The van der Waals surface area contributed by atoms with E-state index in [0.717, 1.165) is 5.57 Å². The molecule has 276 valence electrons. The number of piperidine rings is 1. The van der Waals surface area contributed by atoms with E-state index in [1.54, 1.807) is 59.6 Å². The number of carbonyl (C=O) groups excluding carboxylic acids is 2. The first-order valence-corrected chi connectivity index (χ1v) is 17.7. The van der Waals surface area contributed by atoms with Crippen molar-refractivity contribution in [3.05, 3.63) is 83.2 Å². The van der Waals surface area contributed by atoms with E-state index in [9.17, 15) is 14.9 Å². The number of benzene rings is 2. The van der Waals surface area contributed by atoms with Gasteiger partial charge >= 0.3 is 0 Å². The largest absolute Gasteiger partial charge is 0.486 e. The number of nitriles is 1. The van der Waals surface area contributed by atoms with Crippen molar-refractivity contribution in [2.24, 2.45) is 0 Å². The molecule has 4 heterocycles. The SMILES string of the molecule is N#Cc1cnc2cc(OC3CCOC3)c(NC(=O)C=C3CCN(C(=O)CNCCOCCO)CC3)cc2c1Nc1ccc(Oc2ccccn2)c(Cl)c1. The molecule has 1 atom stereocenters. The number of nitrogens with zero attached hydrogens (tertiary/aromatic N) is 4. The lowest BCUT2D eigenvalue weighted by Gasteiger charge is -2.28. The minimum Gasteiger partial charge on any atom is -0.486 e. The van der Waals surface area contributed by atoms with Gasteiger partial charge in [-0.05, 0) is 43.2 Å². The Labute approximate surface area is 311 Å². The Balaban J connectivity index is 1.19. The van der Waals surface area contributed by atoms with Crippen LogP contribution in [0.2, 0.25) is 5.02 Å². The fourth-order valence-electron chi connectivity index (χ4n) is 5.91. The molecule has 4 aromatic rings. The molecule has 1 unspecified atom stereocenters. The standard InChI is InChI=1S/C38H40ClN7O7/c39-30-18-27(4-5-33(30)53-36-3-1-2-9-42-36)44-38-26(21-40)22-43-31-20-34(52-28-8-14-51-24-28)32(19-29(31)38)45-35(48)17-25-6-11-46(12-7-25)37(49)23-41-10-15-50-16-13-47/h1-5,9,17-20,22,28,41,47H,6-8,10-16,23-24H2,(H,43,44)(H,45,48). The van der Waals surface area contributed by atoms with Gasteiger partial charge in [0.15, 0.2) is 0 Å². The number of aromatic nitrogens is 2.